The Morgan fingerprint density at radius 3 is 2.15 bits per heavy atom. The third kappa shape index (κ3) is 6.56. The maximum Gasteiger partial charge on any atom is 0.245 e. The van der Waals surface area contributed by atoms with Gasteiger partial charge in [-0.05, 0) is 113 Å². The molecule has 1 unspecified atom stereocenters. The molecular formula is C29H51N3O2. The van der Waals surface area contributed by atoms with E-state index in [1.54, 1.807) is 0 Å². The minimum atomic E-state index is -0.261. The van der Waals surface area contributed by atoms with Gasteiger partial charge in [0.25, 0.3) is 0 Å². The summed E-state index contributed by atoms with van der Waals surface area (Å²) in [7, 11) is 0. The molecule has 5 nitrogen and oxygen atoms in total. The average molecular weight is 474 g/mol. The molecule has 194 valence electrons. The van der Waals surface area contributed by atoms with E-state index in [0.29, 0.717) is 17.8 Å². The molecule has 3 saturated heterocycles. The monoisotopic (exact) mass is 473 g/mol. The zero-order chi connectivity index (χ0) is 24.2. The molecule has 3 atom stereocenters. The van der Waals surface area contributed by atoms with Crippen LogP contribution in [0.4, 0.5) is 0 Å². The molecule has 3 aliphatic heterocycles. The molecule has 4 fully saturated rings. The fraction of sp³-hybridized carbons (Fsp3) is 0.931. The molecule has 0 N–H and O–H groups in total. The van der Waals surface area contributed by atoms with Gasteiger partial charge in [-0.3, -0.25) is 9.59 Å². The highest BCUT2D eigenvalue weighted by atomic mass is 16.2. The first-order chi connectivity index (χ1) is 16.3. The van der Waals surface area contributed by atoms with Crippen molar-refractivity contribution in [2.24, 2.45) is 35.5 Å². The Kier molecular flexibility index (Phi) is 8.98. The van der Waals surface area contributed by atoms with Crippen LogP contribution in [-0.4, -0.2) is 71.8 Å². The quantitative estimate of drug-likeness (QED) is 0.446. The summed E-state index contributed by atoms with van der Waals surface area (Å²) in [6.45, 7) is 15.2. The van der Waals surface area contributed by atoms with Crippen molar-refractivity contribution < 1.29 is 9.59 Å². The first-order valence-electron chi connectivity index (χ1n) is 14.6. The van der Waals surface area contributed by atoms with E-state index in [2.05, 4.69) is 37.5 Å². The number of likely N-dealkylation sites (tertiary alicyclic amines) is 3. The van der Waals surface area contributed by atoms with Crippen molar-refractivity contribution in [3.63, 3.8) is 0 Å². The standard InChI is InChI=1S/C29H51N3O2/c1-21(2)19-26-25(24-7-8-24)12-18-32(28(26)33)27(20-22(3)4)29(34)31-16-10-23(11-17-31)9-15-30-13-5-6-14-30/h21-27H,5-20H2,1-4H3/t25?,26-,27+/m1/s1. The Balaban J connectivity index is 1.37. The van der Waals surface area contributed by atoms with Crippen LogP contribution in [0.25, 0.3) is 0 Å². The molecule has 0 spiro atoms. The second kappa shape index (κ2) is 11.8. The average Bonchev–Trinajstić information content (AvgIpc) is 3.51. The Bertz CT molecular complexity index is 675. The number of piperidine rings is 2. The van der Waals surface area contributed by atoms with Crippen LogP contribution in [-0.2, 0) is 9.59 Å². The topological polar surface area (TPSA) is 43.9 Å². The number of rotatable bonds is 10. The van der Waals surface area contributed by atoms with Crippen LogP contribution in [0.5, 0.6) is 0 Å². The van der Waals surface area contributed by atoms with Crippen molar-refractivity contribution >= 4 is 11.8 Å². The smallest absolute Gasteiger partial charge is 0.245 e. The molecule has 1 aliphatic carbocycles. The number of hydrogen-bond acceptors (Lipinski definition) is 3. The summed E-state index contributed by atoms with van der Waals surface area (Å²) < 4.78 is 0. The van der Waals surface area contributed by atoms with Gasteiger partial charge in [0.15, 0.2) is 0 Å². The normalized spacial score (nSPS) is 28.4. The molecule has 0 radical (unpaired) electrons. The van der Waals surface area contributed by atoms with Crippen molar-refractivity contribution in [2.45, 2.75) is 97.9 Å². The Hall–Kier alpha value is -1.10. The molecule has 5 heteroatoms. The lowest BCUT2D eigenvalue weighted by molar-refractivity contribution is -0.155. The Morgan fingerprint density at radius 2 is 1.56 bits per heavy atom. The Labute approximate surface area is 209 Å². The van der Waals surface area contributed by atoms with Crippen LogP contribution < -0.4 is 0 Å². The molecular weight excluding hydrogens is 422 g/mol. The minimum absolute atomic E-state index is 0.125. The van der Waals surface area contributed by atoms with Crippen molar-refractivity contribution in [1.82, 2.24) is 14.7 Å². The highest BCUT2D eigenvalue weighted by Crippen LogP contribution is 2.47. The number of carbonyl (C=O) groups is 2. The van der Waals surface area contributed by atoms with Crippen LogP contribution in [0.3, 0.4) is 0 Å². The predicted molar refractivity (Wildman–Crippen MR) is 138 cm³/mol. The van der Waals surface area contributed by atoms with Crippen LogP contribution in [0.1, 0.15) is 91.9 Å². The van der Waals surface area contributed by atoms with E-state index in [9.17, 15) is 9.59 Å². The number of hydrogen-bond donors (Lipinski definition) is 0. The highest BCUT2D eigenvalue weighted by molar-refractivity contribution is 5.89. The lowest BCUT2D eigenvalue weighted by Crippen LogP contribution is -2.57. The zero-order valence-corrected chi connectivity index (χ0v) is 22.5. The Morgan fingerprint density at radius 1 is 0.882 bits per heavy atom. The van der Waals surface area contributed by atoms with E-state index in [0.717, 1.165) is 63.6 Å². The van der Waals surface area contributed by atoms with E-state index in [1.807, 2.05) is 4.90 Å². The van der Waals surface area contributed by atoms with Crippen molar-refractivity contribution in [2.75, 3.05) is 39.3 Å². The zero-order valence-electron chi connectivity index (χ0n) is 22.5. The molecule has 0 bridgehead atoms. The highest BCUT2D eigenvalue weighted by Gasteiger charge is 2.47. The molecule has 34 heavy (non-hydrogen) atoms. The van der Waals surface area contributed by atoms with Crippen LogP contribution >= 0.6 is 0 Å². The molecule has 3 heterocycles. The summed E-state index contributed by atoms with van der Waals surface area (Å²) >= 11 is 0. The summed E-state index contributed by atoms with van der Waals surface area (Å²) in [5.74, 6) is 3.63. The van der Waals surface area contributed by atoms with Gasteiger partial charge >= 0.3 is 0 Å². The van der Waals surface area contributed by atoms with Gasteiger partial charge in [-0.2, -0.15) is 0 Å². The van der Waals surface area contributed by atoms with E-state index in [-0.39, 0.29) is 23.8 Å². The summed E-state index contributed by atoms with van der Waals surface area (Å²) in [6, 6.07) is -0.261. The first-order valence-corrected chi connectivity index (χ1v) is 14.6. The molecule has 4 aliphatic rings. The summed E-state index contributed by atoms with van der Waals surface area (Å²) in [6.07, 6.45) is 11.7. The van der Waals surface area contributed by atoms with E-state index < -0.39 is 0 Å². The van der Waals surface area contributed by atoms with Crippen LogP contribution in [0, 0.1) is 35.5 Å². The number of amides is 2. The summed E-state index contributed by atoms with van der Waals surface area (Å²) in [4.78, 5) is 34.4. The lowest BCUT2D eigenvalue weighted by atomic mass is 9.76. The molecule has 2 amide bonds. The van der Waals surface area contributed by atoms with Crippen LogP contribution in [0.2, 0.25) is 0 Å². The molecule has 4 rings (SSSR count). The summed E-state index contributed by atoms with van der Waals surface area (Å²) in [5, 5.41) is 0. The molecule has 0 aromatic rings. The van der Waals surface area contributed by atoms with Crippen molar-refractivity contribution in [1.29, 1.82) is 0 Å². The van der Waals surface area contributed by atoms with Gasteiger partial charge in [-0.1, -0.05) is 27.7 Å². The van der Waals surface area contributed by atoms with Crippen molar-refractivity contribution in [3.05, 3.63) is 0 Å². The van der Waals surface area contributed by atoms with Gasteiger partial charge in [0.05, 0.1) is 0 Å². The third-order valence-corrected chi connectivity index (χ3v) is 9.11. The van der Waals surface area contributed by atoms with Gasteiger partial charge in [0, 0.05) is 25.6 Å². The fourth-order valence-corrected chi connectivity index (χ4v) is 7.01. The van der Waals surface area contributed by atoms with Gasteiger partial charge in [0.1, 0.15) is 6.04 Å². The van der Waals surface area contributed by atoms with Gasteiger partial charge in [-0.15, -0.1) is 0 Å². The number of carbonyl (C=O) groups excluding carboxylic acids is 2. The van der Waals surface area contributed by atoms with E-state index in [4.69, 9.17) is 0 Å². The lowest BCUT2D eigenvalue weighted by Gasteiger charge is -2.44. The van der Waals surface area contributed by atoms with E-state index >= 15 is 0 Å². The molecule has 1 saturated carbocycles. The predicted octanol–water partition coefficient (Wildman–Crippen LogP) is 5.05. The SMILES string of the molecule is CC(C)C[C@H]1C(=O)N([C@@H](CC(C)C)C(=O)N2CCC(CCN3CCCC3)CC2)CCC1C1CC1. The number of nitrogens with zero attached hydrogens (tertiary/aromatic N) is 3. The molecule has 0 aromatic carbocycles. The molecule has 0 aromatic heterocycles. The van der Waals surface area contributed by atoms with Gasteiger partial charge in [0.2, 0.25) is 11.8 Å². The second-order valence-corrected chi connectivity index (χ2v) is 12.8. The largest absolute Gasteiger partial charge is 0.341 e. The van der Waals surface area contributed by atoms with Gasteiger partial charge < -0.3 is 14.7 Å². The first kappa shape index (κ1) is 26.0. The summed E-state index contributed by atoms with van der Waals surface area (Å²) in [5.41, 5.74) is 0. The van der Waals surface area contributed by atoms with Gasteiger partial charge in [-0.25, -0.2) is 0 Å². The second-order valence-electron chi connectivity index (χ2n) is 12.8. The third-order valence-electron chi connectivity index (χ3n) is 9.11. The maximum atomic E-state index is 13.8. The van der Waals surface area contributed by atoms with Crippen LogP contribution in [0.15, 0.2) is 0 Å². The minimum Gasteiger partial charge on any atom is -0.341 e. The van der Waals surface area contributed by atoms with Crippen molar-refractivity contribution in [3.8, 4) is 0 Å². The maximum absolute atomic E-state index is 13.8. The fourth-order valence-electron chi connectivity index (χ4n) is 7.01. The van der Waals surface area contributed by atoms with E-state index in [1.165, 1.54) is 51.7 Å².